The van der Waals surface area contributed by atoms with Gasteiger partial charge in [0.2, 0.25) is 10.0 Å². The van der Waals surface area contributed by atoms with Crippen molar-refractivity contribution in [3.63, 3.8) is 0 Å². The molecule has 0 spiro atoms. The van der Waals surface area contributed by atoms with Gasteiger partial charge in [0.05, 0.1) is 25.3 Å². The highest BCUT2D eigenvalue weighted by Crippen LogP contribution is 2.29. The molecule has 7 nitrogen and oxygen atoms in total. The SMILES string of the molecule is COc1ccc([C@@H](C)NC(=O)c2ccc(Cl)c(S(N)(=O)=O)c2)c(OC)c1. The van der Waals surface area contributed by atoms with E-state index in [1.165, 1.54) is 19.2 Å². The molecule has 3 N–H and O–H groups in total. The van der Waals surface area contributed by atoms with Gasteiger partial charge in [-0.25, -0.2) is 13.6 Å². The summed E-state index contributed by atoms with van der Waals surface area (Å²) in [6.07, 6.45) is 0. The first-order chi connectivity index (χ1) is 12.2. The molecule has 0 saturated carbocycles. The highest BCUT2D eigenvalue weighted by molar-refractivity contribution is 7.89. The number of nitrogens with two attached hydrogens (primary N) is 1. The van der Waals surface area contributed by atoms with E-state index < -0.39 is 22.0 Å². The van der Waals surface area contributed by atoms with Gasteiger partial charge in [-0.1, -0.05) is 11.6 Å². The smallest absolute Gasteiger partial charge is 0.251 e. The second kappa shape index (κ2) is 7.94. The van der Waals surface area contributed by atoms with Gasteiger partial charge in [0.25, 0.3) is 5.91 Å². The number of sulfonamides is 1. The fraction of sp³-hybridized carbons (Fsp3) is 0.235. The number of methoxy groups -OCH3 is 2. The third-order valence-electron chi connectivity index (χ3n) is 3.75. The van der Waals surface area contributed by atoms with Crippen LogP contribution in [0.25, 0.3) is 0 Å². The van der Waals surface area contributed by atoms with Crippen LogP contribution in [0.3, 0.4) is 0 Å². The molecule has 140 valence electrons. The second-order valence-electron chi connectivity index (χ2n) is 5.49. The highest BCUT2D eigenvalue weighted by atomic mass is 35.5. The number of primary sulfonamides is 1. The molecule has 9 heteroatoms. The van der Waals surface area contributed by atoms with Gasteiger partial charge in [-0.3, -0.25) is 4.79 Å². The summed E-state index contributed by atoms with van der Waals surface area (Å²) in [6.45, 7) is 1.78. The number of benzene rings is 2. The van der Waals surface area contributed by atoms with Crippen molar-refractivity contribution < 1.29 is 22.7 Å². The summed E-state index contributed by atoms with van der Waals surface area (Å²) in [4.78, 5) is 12.2. The molecule has 2 aromatic rings. The Balaban J connectivity index is 2.28. The predicted molar refractivity (Wildman–Crippen MR) is 98.3 cm³/mol. The van der Waals surface area contributed by atoms with E-state index in [1.54, 1.807) is 32.2 Å². The number of carbonyl (C=O) groups excluding carboxylic acids is 1. The number of hydrogen-bond donors (Lipinski definition) is 2. The lowest BCUT2D eigenvalue weighted by molar-refractivity contribution is 0.0939. The van der Waals surface area contributed by atoms with E-state index in [9.17, 15) is 13.2 Å². The van der Waals surface area contributed by atoms with Crippen LogP contribution in [0, 0.1) is 0 Å². The van der Waals surface area contributed by atoms with Crippen molar-refractivity contribution in [3.8, 4) is 11.5 Å². The Morgan fingerprint density at radius 1 is 1.15 bits per heavy atom. The lowest BCUT2D eigenvalue weighted by Gasteiger charge is -2.18. The van der Waals surface area contributed by atoms with Crippen molar-refractivity contribution in [2.24, 2.45) is 5.14 Å². The molecule has 1 amide bonds. The zero-order chi connectivity index (χ0) is 19.5. The molecule has 0 fully saturated rings. The fourth-order valence-corrected chi connectivity index (χ4v) is 3.47. The van der Waals surface area contributed by atoms with Crippen LogP contribution in [0.5, 0.6) is 11.5 Å². The number of rotatable bonds is 6. The molecule has 0 saturated heterocycles. The van der Waals surface area contributed by atoms with Gasteiger partial charge in [0.15, 0.2) is 0 Å². The van der Waals surface area contributed by atoms with E-state index in [2.05, 4.69) is 5.32 Å². The first kappa shape index (κ1) is 20.0. The summed E-state index contributed by atoms with van der Waals surface area (Å²) in [5, 5.41) is 7.85. The van der Waals surface area contributed by atoms with Gasteiger partial charge in [-0.05, 0) is 37.3 Å². The lowest BCUT2D eigenvalue weighted by Crippen LogP contribution is -2.27. The molecule has 0 heterocycles. The number of ether oxygens (including phenoxy) is 2. The minimum Gasteiger partial charge on any atom is -0.497 e. The van der Waals surface area contributed by atoms with Crippen LogP contribution >= 0.6 is 11.6 Å². The monoisotopic (exact) mass is 398 g/mol. The standard InChI is InChI=1S/C17H19ClN2O5S/c1-10(13-6-5-12(24-2)9-15(13)25-3)20-17(21)11-4-7-14(18)16(8-11)26(19,22)23/h4-10H,1-3H3,(H,20,21)(H2,19,22,23)/t10-/m1/s1. The molecular formula is C17H19ClN2O5S. The molecule has 0 aromatic heterocycles. The van der Waals surface area contributed by atoms with Crippen molar-refractivity contribution in [1.82, 2.24) is 5.32 Å². The van der Waals surface area contributed by atoms with Gasteiger partial charge in [0, 0.05) is 17.2 Å². The molecule has 2 rings (SSSR count). The van der Waals surface area contributed by atoms with Crippen LogP contribution in [0.15, 0.2) is 41.3 Å². The van der Waals surface area contributed by atoms with Crippen LogP contribution in [0.4, 0.5) is 0 Å². The average Bonchev–Trinajstić information content (AvgIpc) is 2.60. The van der Waals surface area contributed by atoms with Gasteiger partial charge >= 0.3 is 0 Å². The van der Waals surface area contributed by atoms with Crippen LogP contribution in [0.2, 0.25) is 5.02 Å². The average molecular weight is 399 g/mol. The Morgan fingerprint density at radius 3 is 2.42 bits per heavy atom. The number of nitrogens with one attached hydrogen (secondary N) is 1. The molecule has 0 bridgehead atoms. The molecule has 0 aliphatic carbocycles. The van der Waals surface area contributed by atoms with Crippen molar-refractivity contribution in [2.75, 3.05) is 14.2 Å². The summed E-state index contributed by atoms with van der Waals surface area (Å²) < 4.78 is 33.6. The van der Waals surface area contributed by atoms with Gasteiger partial charge in [-0.15, -0.1) is 0 Å². The Labute approximate surface area is 157 Å². The largest absolute Gasteiger partial charge is 0.497 e. The van der Waals surface area contributed by atoms with E-state index >= 15 is 0 Å². The number of carbonyl (C=O) groups is 1. The van der Waals surface area contributed by atoms with E-state index in [-0.39, 0.29) is 15.5 Å². The van der Waals surface area contributed by atoms with Crippen LogP contribution in [-0.4, -0.2) is 28.5 Å². The summed E-state index contributed by atoms with van der Waals surface area (Å²) in [5.74, 6) is 0.704. The van der Waals surface area contributed by atoms with E-state index in [0.717, 1.165) is 11.6 Å². The van der Waals surface area contributed by atoms with Gasteiger partial charge < -0.3 is 14.8 Å². The highest BCUT2D eigenvalue weighted by Gasteiger charge is 2.19. The zero-order valence-electron chi connectivity index (χ0n) is 14.4. The Bertz CT molecular complexity index is 931. The second-order valence-corrected chi connectivity index (χ2v) is 7.43. The van der Waals surface area contributed by atoms with Crippen molar-refractivity contribution in [3.05, 3.63) is 52.5 Å². The predicted octanol–water partition coefficient (Wildman–Crippen LogP) is 2.50. The topological polar surface area (TPSA) is 108 Å². The van der Waals surface area contributed by atoms with Crippen LogP contribution < -0.4 is 19.9 Å². The Kier molecular flexibility index (Phi) is 6.12. The summed E-state index contributed by atoms with van der Waals surface area (Å²) >= 11 is 5.84. The molecular weight excluding hydrogens is 380 g/mol. The Hall–Kier alpha value is -2.29. The number of hydrogen-bond acceptors (Lipinski definition) is 5. The minimum absolute atomic E-state index is 0.0473. The molecule has 1 atom stereocenters. The number of amides is 1. The normalized spacial score (nSPS) is 12.3. The van der Waals surface area contributed by atoms with Gasteiger partial charge in [0.1, 0.15) is 16.4 Å². The third kappa shape index (κ3) is 4.46. The maximum atomic E-state index is 12.5. The van der Waals surface area contributed by atoms with E-state index in [0.29, 0.717) is 11.5 Å². The molecule has 0 aliphatic heterocycles. The molecule has 2 aromatic carbocycles. The Morgan fingerprint density at radius 2 is 1.85 bits per heavy atom. The maximum Gasteiger partial charge on any atom is 0.251 e. The van der Waals surface area contributed by atoms with E-state index in [4.69, 9.17) is 26.2 Å². The first-order valence-corrected chi connectivity index (χ1v) is 9.45. The lowest BCUT2D eigenvalue weighted by atomic mass is 10.1. The van der Waals surface area contributed by atoms with E-state index in [1.807, 2.05) is 0 Å². The maximum absolute atomic E-state index is 12.5. The third-order valence-corrected chi connectivity index (χ3v) is 5.15. The van der Waals surface area contributed by atoms with Crippen molar-refractivity contribution in [1.29, 1.82) is 0 Å². The molecule has 0 aliphatic rings. The van der Waals surface area contributed by atoms with Crippen molar-refractivity contribution in [2.45, 2.75) is 17.9 Å². The minimum atomic E-state index is -4.03. The summed E-state index contributed by atoms with van der Waals surface area (Å²) in [6, 6.07) is 8.71. The summed E-state index contributed by atoms with van der Waals surface area (Å²) in [5.41, 5.74) is 0.861. The first-order valence-electron chi connectivity index (χ1n) is 7.52. The van der Waals surface area contributed by atoms with Gasteiger partial charge in [-0.2, -0.15) is 0 Å². The molecule has 0 unspecified atom stereocenters. The van der Waals surface area contributed by atoms with Crippen LogP contribution in [-0.2, 0) is 10.0 Å². The molecule has 0 radical (unpaired) electrons. The summed E-state index contributed by atoms with van der Waals surface area (Å²) in [7, 11) is -0.971. The number of halogens is 1. The van der Waals surface area contributed by atoms with Crippen LogP contribution in [0.1, 0.15) is 28.9 Å². The zero-order valence-corrected chi connectivity index (χ0v) is 16.0. The fourth-order valence-electron chi connectivity index (χ4n) is 2.40. The quantitative estimate of drug-likeness (QED) is 0.777. The van der Waals surface area contributed by atoms with Crippen molar-refractivity contribution >= 4 is 27.5 Å². The molecule has 26 heavy (non-hydrogen) atoms.